The molecule has 3 N–H and O–H groups in total. The summed E-state index contributed by atoms with van der Waals surface area (Å²) in [5, 5.41) is 16.0. The van der Waals surface area contributed by atoms with Crippen LogP contribution in [-0.2, 0) is 0 Å². The second-order valence-corrected chi connectivity index (χ2v) is 7.72. The lowest BCUT2D eigenvalue weighted by Crippen LogP contribution is -2.42. The van der Waals surface area contributed by atoms with E-state index in [9.17, 15) is 0 Å². The molecule has 1 aromatic heterocycles. The second kappa shape index (κ2) is 7.56. The van der Waals surface area contributed by atoms with Crippen molar-refractivity contribution in [2.75, 3.05) is 5.32 Å². The lowest BCUT2D eigenvalue weighted by Gasteiger charge is -2.33. The number of aromatic nitrogens is 2. The minimum Gasteiger partial charge on any atom is -0.382 e. The van der Waals surface area contributed by atoms with Crippen molar-refractivity contribution in [3.8, 4) is 0 Å². The molecule has 0 aliphatic heterocycles. The largest absolute Gasteiger partial charge is 0.382 e. The number of hydrogen-bond acceptors (Lipinski definition) is 3. The summed E-state index contributed by atoms with van der Waals surface area (Å²) in [6.45, 7) is 0. The van der Waals surface area contributed by atoms with Crippen LogP contribution < -0.4 is 10.6 Å². The molecule has 2 aromatic rings. The van der Waals surface area contributed by atoms with Gasteiger partial charge in [0.1, 0.15) is 0 Å². The highest BCUT2D eigenvalue weighted by Crippen LogP contribution is 2.26. The van der Waals surface area contributed by atoms with Gasteiger partial charge in [-0.05, 0) is 56.7 Å². The van der Waals surface area contributed by atoms with Crippen LogP contribution in [-0.4, -0.2) is 28.3 Å². The topological polar surface area (TPSA) is 52.7 Å². The van der Waals surface area contributed by atoms with Gasteiger partial charge in [-0.15, -0.1) is 0 Å². The molecule has 2 fully saturated rings. The Hall–Kier alpha value is -1.55. The van der Waals surface area contributed by atoms with Crippen molar-refractivity contribution in [2.24, 2.45) is 0 Å². The van der Waals surface area contributed by atoms with Crippen LogP contribution in [0.1, 0.15) is 64.2 Å². The van der Waals surface area contributed by atoms with Crippen molar-refractivity contribution in [1.82, 2.24) is 15.5 Å². The predicted octanol–water partition coefficient (Wildman–Crippen LogP) is 4.60. The summed E-state index contributed by atoms with van der Waals surface area (Å²) in [7, 11) is 0. The smallest absolute Gasteiger partial charge is 0.0651 e. The number of benzene rings is 1. The van der Waals surface area contributed by atoms with Crippen LogP contribution in [0.2, 0.25) is 0 Å². The maximum absolute atomic E-state index is 4.10. The molecule has 1 aromatic carbocycles. The van der Waals surface area contributed by atoms with Crippen molar-refractivity contribution >= 4 is 16.6 Å². The summed E-state index contributed by atoms with van der Waals surface area (Å²) in [6, 6.07) is 8.61. The minimum absolute atomic E-state index is 0.613. The monoisotopic (exact) mass is 326 g/mol. The fraction of sp³-hybridized carbons (Fsp3) is 0.650. The maximum Gasteiger partial charge on any atom is 0.0651 e. The molecular weight excluding hydrogens is 296 g/mol. The van der Waals surface area contributed by atoms with E-state index in [-0.39, 0.29) is 0 Å². The Bertz CT molecular complexity index is 634. The SMILES string of the molecule is c1cc2[nH]ncc2cc1NC1CCC(NC2CCCCCC2)CC1. The number of anilines is 1. The zero-order valence-electron chi connectivity index (χ0n) is 14.6. The average Bonchev–Trinajstić information content (AvgIpc) is 2.92. The van der Waals surface area contributed by atoms with E-state index in [1.807, 2.05) is 6.20 Å². The van der Waals surface area contributed by atoms with E-state index in [0.29, 0.717) is 6.04 Å². The van der Waals surface area contributed by atoms with Crippen LogP contribution in [0.15, 0.2) is 24.4 Å². The van der Waals surface area contributed by atoms with Gasteiger partial charge in [0.2, 0.25) is 0 Å². The van der Waals surface area contributed by atoms with E-state index in [1.165, 1.54) is 75.3 Å². The van der Waals surface area contributed by atoms with Crippen LogP contribution in [0.3, 0.4) is 0 Å². The molecule has 0 atom stereocenters. The van der Waals surface area contributed by atoms with Gasteiger partial charge in [0.15, 0.2) is 0 Å². The predicted molar refractivity (Wildman–Crippen MR) is 100 cm³/mol. The van der Waals surface area contributed by atoms with E-state index in [4.69, 9.17) is 0 Å². The first-order valence-corrected chi connectivity index (χ1v) is 9.82. The van der Waals surface area contributed by atoms with E-state index < -0.39 is 0 Å². The summed E-state index contributed by atoms with van der Waals surface area (Å²) in [5.41, 5.74) is 2.33. The third-order valence-corrected chi connectivity index (χ3v) is 5.86. The van der Waals surface area contributed by atoms with Crippen molar-refractivity contribution in [3.63, 3.8) is 0 Å². The number of aromatic amines is 1. The van der Waals surface area contributed by atoms with Crippen molar-refractivity contribution in [3.05, 3.63) is 24.4 Å². The zero-order valence-corrected chi connectivity index (χ0v) is 14.6. The summed E-state index contributed by atoms with van der Waals surface area (Å²) in [4.78, 5) is 0. The number of rotatable bonds is 4. The highest BCUT2D eigenvalue weighted by molar-refractivity contribution is 5.81. The van der Waals surface area contributed by atoms with Crippen LogP contribution in [0, 0.1) is 0 Å². The van der Waals surface area contributed by atoms with Gasteiger partial charge in [-0.2, -0.15) is 5.10 Å². The van der Waals surface area contributed by atoms with Gasteiger partial charge >= 0.3 is 0 Å². The summed E-state index contributed by atoms with van der Waals surface area (Å²) >= 11 is 0. The van der Waals surface area contributed by atoms with Crippen LogP contribution >= 0.6 is 0 Å². The van der Waals surface area contributed by atoms with E-state index in [1.54, 1.807) is 0 Å². The first-order chi connectivity index (χ1) is 11.9. The summed E-state index contributed by atoms with van der Waals surface area (Å²) in [6.07, 6.45) is 15.6. The molecule has 1 heterocycles. The molecule has 2 aliphatic carbocycles. The Balaban J connectivity index is 1.26. The van der Waals surface area contributed by atoms with Gasteiger partial charge in [-0.3, -0.25) is 5.10 Å². The first-order valence-electron chi connectivity index (χ1n) is 9.82. The van der Waals surface area contributed by atoms with Crippen LogP contribution in [0.5, 0.6) is 0 Å². The lowest BCUT2D eigenvalue weighted by molar-refractivity contribution is 0.309. The molecule has 4 heteroatoms. The van der Waals surface area contributed by atoms with Crippen molar-refractivity contribution in [1.29, 1.82) is 0 Å². The highest BCUT2D eigenvalue weighted by atomic mass is 15.1. The molecule has 4 rings (SSSR count). The van der Waals surface area contributed by atoms with E-state index in [0.717, 1.165) is 17.6 Å². The number of hydrogen-bond donors (Lipinski definition) is 3. The number of nitrogens with one attached hydrogen (secondary N) is 3. The molecule has 0 saturated heterocycles. The lowest BCUT2D eigenvalue weighted by atomic mass is 9.90. The van der Waals surface area contributed by atoms with Gasteiger partial charge < -0.3 is 10.6 Å². The average molecular weight is 326 g/mol. The van der Waals surface area contributed by atoms with Gasteiger partial charge in [0.05, 0.1) is 11.7 Å². The van der Waals surface area contributed by atoms with Crippen LogP contribution in [0.25, 0.3) is 10.9 Å². The van der Waals surface area contributed by atoms with E-state index in [2.05, 4.69) is 39.0 Å². The molecule has 2 saturated carbocycles. The third kappa shape index (κ3) is 3.92. The molecule has 4 nitrogen and oxygen atoms in total. The highest BCUT2D eigenvalue weighted by Gasteiger charge is 2.23. The zero-order chi connectivity index (χ0) is 16.2. The molecule has 0 spiro atoms. The Kier molecular flexibility index (Phi) is 5.02. The van der Waals surface area contributed by atoms with Crippen molar-refractivity contribution < 1.29 is 0 Å². The van der Waals surface area contributed by atoms with E-state index >= 15 is 0 Å². The summed E-state index contributed by atoms with van der Waals surface area (Å²) < 4.78 is 0. The Morgan fingerprint density at radius 2 is 1.54 bits per heavy atom. The molecule has 0 radical (unpaired) electrons. The number of nitrogens with zero attached hydrogens (tertiary/aromatic N) is 1. The van der Waals surface area contributed by atoms with Crippen molar-refractivity contribution in [2.45, 2.75) is 82.3 Å². The van der Waals surface area contributed by atoms with Crippen LogP contribution in [0.4, 0.5) is 5.69 Å². The molecule has 2 aliphatic rings. The quantitative estimate of drug-likeness (QED) is 0.720. The fourth-order valence-electron chi connectivity index (χ4n) is 4.45. The Labute approximate surface area is 144 Å². The Morgan fingerprint density at radius 3 is 2.33 bits per heavy atom. The number of H-pyrrole nitrogens is 1. The maximum atomic E-state index is 4.10. The Morgan fingerprint density at radius 1 is 0.833 bits per heavy atom. The molecule has 0 amide bonds. The second-order valence-electron chi connectivity index (χ2n) is 7.72. The number of fused-ring (bicyclic) bond motifs is 1. The molecular formula is C20H30N4. The fourth-order valence-corrected chi connectivity index (χ4v) is 4.45. The molecule has 0 bridgehead atoms. The van der Waals surface area contributed by atoms with Gasteiger partial charge in [0.25, 0.3) is 0 Å². The molecule has 130 valence electrons. The van der Waals surface area contributed by atoms with Gasteiger partial charge in [0, 0.05) is 29.2 Å². The first kappa shape index (κ1) is 15.9. The molecule has 24 heavy (non-hydrogen) atoms. The van der Waals surface area contributed by atoms with Gasteiger partial charge in [-0.1, -0.05) is 25.7 Å². The third-order valence-electron chi connectivity index (χ3n) is 5.86. The van der Waals surface area contributed by atoms with Gasteiger partial charge in [-0.25, -0.2) is 0 Å². The normalized spacial score (nSPS) is 26.3. The standard InChI is InChI=1S/C20H30N4/c1-2-4-6-16(5-3-1)22-17-7-9-18(10-8-17)23-19-11-12-20-15(13-19)14-21-24-20/h11-14,16-18,22-23H,1-10H2,(H,21,24). The molecule has 0 unspecified atom stereocenters. The summed E-state index contributed by atoms with van der Waals surface area (Å²) in [5.74, 6) is 0. The minimum atomic E-state index is 0.613.